The summed E-state index contributed by atoms with van der Waals surface area (Å²) < 4.78 is 5.13. The number of carbonyl (C=O) groups excluding carboxylic acids is 7. The number of nitrogens with one attached hydrogen (secondary N) is 2. The number of nitrogens with zero attached hydrogens (tertiary/aromatic N) is 2. The predicted octanol–water partition coefficient (Wildman–Crippen LogP) is 8.11. The first-order valence-corrected chi connectivity index (χ1v) is 19.1. The lowest BCUT2D eigenvalue weighted by atomic mass is 9.81. The molecule has 2 heterocycles. The highest BCUT2D eigenvalue weighted by molar-refractivity contribution is 7.14. The normalized spacial score (nSPS) is 13.4. The molecule has 0 unspecified atom stereocenters. The first-order valence-electron chi connectivity index (χ1n) is 18.4. The summed E-state index contributed by atoms with van der Waals surface area (Å²) in [6, 6.07) is 30.5. The molecule has 2 N–H and O–H groups in total. The monoisotopic (exact) mass is 786 g/mol. The molecule has 0 atom stereocenters. The Labute approximate surface area is 336 Å². The quantitative estimate of drug-likeness (QED) is 0.179. The maximum atomic E-state index is 14.3. The van der Waals surface area contributed by atoms with E-state index in [9.17, 15) is 33.6 Å². The lowest BCUT2D eigenvalue weighted by molar-refractivity contribution is 0.0977. The van der Waals surface area contributed by atoms with Crippen molar-refractivity contribution in [3.63, 3.8) is 0 Å². The van der Waals surface area contributed by atoms with Crippen LogP contribution in [0.1, 0.15) is 100 Å². The molecule has 0 saturated heterocycles. The number of rotatable bonds is 4. The van der Waals surface area contributed by atoms with Crippen molar-refractivity contribution in [1.82, 2.24) is 9.36 Å². The number of ketones is 5. The molecule has 2 aromatic heterocycles. The Morgan fingerprint density at radius 1 is 0.475 bits per heavy atom. The van der Waals surface area contributed by atoms with Crippen LogP contribution in [0.4, 0.5) is 11.4 Å². The third-order valence-corrected chi connectivity index (χ3v) is 12.0. The Balaban J connectivity index is 0.936. The smallest absolute Gasteiger partial charge is 0.257 e. The molecule has 6 aromatic carbocycles. The Morgan fingerprint density at radius 2 is 1.02 bits per heavy atom. The van der Waals surface area contributed by atoms with Crippen LogP contribution in [-0.4, -0.2) is 50.1 Å². The number of amides is 2. The molecule has 278 valence electrons. The van der Waals surface area contributed by atoms with Crippen LogP contribution in [0, 0.1) is 0 Å². The topological polar surface area (TPSA) is 169 Å². The van der Waals surface area contributed by atoms with Crippen LogP contribution in [-0.2, 0) is 0 Å². The van der Waals surface area contributed by atoms with Gasteiger partial charge in [0.15, 0.2) is 28.9 Å². The zero-order valence-corrected chi connectivity index (χ0v) is 31.0. The predicted molar refractivity (Wildman–Crippen MR) is 219 cm³/mol. The van der Waals surface area contributed by atoms with E-state index in [1.807, 2.05) is 12.1 Å². The van der Waals surface area contributed by atoms with Gasteiger partial charge in [0.2, 0.25) is 0 Å². The van der Waals surface area contributed by atoms with Gasteiger partial charge in [-0.3, -0.25) is 38.5 Å². The highest BCUT2D eigenvalue weighted by Crippen LogP contribution is 2.43. The lowest BCUT2D eigenvalue weighted by Crippen LogP contribution is -2.26. The van der Waals surface area contributed by atoms with Gasteiger partial charge < -0.3 is 10.6 Å². The Morgan fingerprint density at radius 3 is 1.68 bits per heavy atom. The molecular formula is C47H22N4O7S. The summed E-state index contributed by atoms with van der Waals surface area (Å²) in [6.07, 6.45) is 1.47. The Hall–Kier alpha value is -8.09. The average Bonchev–Trinajstić information content (AvgIpc) is 3.71. The molecule has 12 heteroatoms. The summed E-state index contributed by atoms with van der Waals surface area (Å²) in [5.41, 5.74) is 3.51. The van der Waals surface area contributed by atoms with Crippen molar-refractivity contribution in [3.8, 4) is 11.3 Å². The first-order chi connectivity index (χ1) is 28.7. The second-order valence-electron chi connectivity index (χ2n) is 14.2. The van der Waals surface area contributed by atoms with Gasteiger partial charge in [-0.1, -0.05) is 78.9 Å². The molecule has 2 amide bonds. The second-order valence-corrected chi connectivity index (χ2v) is 15.0. The summed E-state index contributed by atoms with van der Waals surface area (Å²) in [5, 5.41) is 6.51. The Kier molecular flexibility index (Phi) is 7.22. The highest BCUT2D eigenvalue weighted by atomic mass is 32.1. The SMILES string of the molecule is O=C1c2ccccc2C(=O)c2c1cc(C(=O)Nc1cccc3c1C(=O)c1cccc(NC(=O)c4ccc5c6c(nsc46)-c4ccccc4C5=O)c1C3=O)c1ncccc21. The number of aromatic nitrogens is 2. The fourth-order valence-electron chi connectivity index (χ4n) is 8.47. The van der Waals surface area contributed by atoms with Gasteiger partial charge in [-0.15, -0.1) is 0 Å². The largest absolute Gasteiger partial charge is 0.321 e. The molecule has 0 radical (unpaired) electrons. The summed E-state index contributed by atoms with van der Waals surface area (Å²) in [4.78, 5) is 102. The molecule has 0 saturated carbocycles. The van der Waals surface area contributed by atoms with E-state index in [1.54, 1.807) is 66.7 Å². The molecule has 0 bridgehead atoms. The van der Waals surface area contributed by atoms with Gasteiger partial charge in [0.1, 0.15) is 0 Å². The van der Waals surface area contributed by atoms with Crippen LogP contribution in [0.5, 0.6) is 0 Å². The number of carbonyl (C=O) groups is 7. The van der Waals surface area contributed by atoms with E-state index in [0.29, 0.717) is 37.9 Å². The summed E-state index contributed by atoms with van der Waals surface area (Å²) in [7, 11) is 0. The molecule has 11 nitrogen and oxygen atoms in total. The van der Waals surface area contributed by atoms with Crippen LogP contribution in [0.3, 0.4) is 0 Å². The van der Waals surface area contributed by atoms with Crippen LogP contribution in [0.2, 0.25) is 0 Å². The highest BCUT2D eigenvalue weighted by Gasteiger charge is 2.37. The van der Waals surface area contributed by atoms with Crippen molar-refractivity contribution < 1.29 is 33.6 Å². The Bertz CT molecular complexity index is 3380. The van der Waals surface area contributed by atoms with Crippen molar-refractivity contribution in [2.45, 2.75) is 0 Å². The van der Waals surface area contributed by atoms with Crippen LogP contribution in [0.25, 0.3) is 32.2 Å². The summed E-state index contributed by atoms with van der Waals surface area (Å²) in [6.45, 7) is 0. The second kappa shape index (κ2) is 12.5. The molecule has 11 rings (SSSR count). The van der Waals surface area contributed by atoms with Gasteiger partial charge >= 0.3 is 0 Å². The van der Waals surface area contributed by atoms with Crippen molar-refractivity contribution in [2.75, 3.05) is 10.6 Å². The minimum atomic E-state index is -0.718. The van der Waals surface area contributed by atoms with Crippen LogP contribution in [0.15, 0.2) is 121 Å². The molecule has 0 fully saturated rings. The number of fused-ring (bicyclic) bond motifs is 8. The number of hydrogen-bond donors (Lipinski definition) is 2. The van der Waals surface area contributed by atoms with Gasteiger partial charge in [0.25, 0.3) is 11.8 Å². The first kappa shape index (κ1) is 34.2. The fraction of sp³-hybridized carbons (Fsp3) is 0. The van der Waals surface area contributed by atoms with E-state index in [1.165, 1.54) is 42.6 Å². The minimum absolute atomic E-state index is 0.00552. The third kappa shape index (κ3) is 4.77. The van der Waals surface area contributed by atoms with E-state index in [-0.39, 0.29) is 84.1 Å². The molecule has 3 aliphatic rings. The molecule has 59 heavy (non-hydrogen) atoms. The molecule has 0 aliphatic heterocycles. The third-order valence-electron chi connectivity index (χ3n) is 11.1. The fourth-order valence-corrected chi connectivity index (χ4v) is 9.40. The number of pyridine rings is 1. The van der Waals surface area contributed by atoms with Gasteiger partial charge in [-0.05, 0) is 47.9 Å². The summed E-state index contributed by atoms with van der Waals surface area (Å²) in [5.74, 6) is -3.33. The zero-order chi connectivity index (χ0) is 40.3. The van der Waals surface area contributed by atoms with E-state index in [0.717, 1.165) is 11.5 Å². The van der Waals surface area contributed by atoms with E-state index >= 15 is 0 Å². The maximum absolute atomic E-state index is 14.3. The number of hydrogen-bond acceptors (Lipinski definition) is 10. The molecule has 0 spiro atoms. The van der Waals surface area contributed by atoms with Gasteiger partial charge in [0, 0.05) is 67.0 Å². The average molecular weight is 787 g/mol. The summed E-state index contributed by atoms with van der Waals surface area (Å²) >= 11 is 1.10. The van der Waals surface area contributed by atoms with Crippen molar-refractivity contribution in [3.05, 3.63) is 188 Å². The van der Waals surface area contributed by atoms with E-state index in [4.69, 9.17) is 0 Å². The van der Waals surface area contributed by atoms with Crippen molar-refractivity contribution in [2.24, 2.45) is 0 Å². The molecular weight excluding hydrogens is 765 g/mol. The minimum Gasteiger partial charge on any atom is -0.321 e. The van der Waals surface area contributed by atoms with Crippen molar-refractivity contribution in [1.29, 1.82) is 0 Å². The van der Waals surface area contributed by atoms with Gasteiger partial charge in [-0.2, -0.15) is 4.37 Å². The van der Waals surface area contributed by atoms with Crippen molar-refractivity contribution >= 4 is 84.6 Å². The van der Waals surface area contributed by atoms with E-state index in [2.05, 4.69) is 20.0 Å². The lowest BCUT2D eigenvalue weighted by Gasteiger charge is -2.23. The van der Waals surface area contributed by atoms with E-state index < -0.39 is 29.2 Å². The standard InChI is InChI=1S/C47H22N4O7S/c52-40-22-9-2-1-8-21(22)39-37-28(40)17-18-29(45(37)59-51-39)46(57)49-32-15-5-12-26-35(32)43(55)27-13-6-16-33(36(27)44(26)56)50-47(58)31-20-30-34(25-14-7-19-48-38(25)31)42(54)24-11-4-3-10-23(24)41(30)53/h1-20H,(H,49,57)(H,50,58). The molecule has 3 aliphatic carbocycles. The van der Waals surface area contributed by atoms with Crippen LogP contribution >= 0.6 is 11.5 Å². The number of benzene rings is 6. The van der Waals surface area contributed by atoms with Gasteiger partial charge in [0.05, 0.1) is 49.5 Å². The van der Waals surface area contributed by atoms with Gasteiger partial charge in [-0.25, -0.2) is 0 Å². The number of anilines is 2. The van der Waals surface area contributed by atoms with Crippen LogP contribution < -0.4 is 10.6 Å². The zero-order valence-electron chi connectivity index (χ0n) is 30.2. The molecule has 8 aromatic rings. The maximum Gasteiger partial charge on any atom is 0.257 e.